The lowest BCUT2D eigenvalue weighted by Crippen LogP contribution is -2.23. The molecular weight excluding hydrogens is 272 g/mol. The van der Waals surface area contributed by atoms with Gasteiger partial charge in [0, 0.05) is 6.61 Å². The number of benzene rings is 1. The van der Waals surface area contributed by atoms with Crippen molar-refractivity contribution in [2.75, 3.05) is 13.2 Å². The highest BCUT2D eigenvalue weighted by Gasteiger charge is 2.22. The summed E-state index contributed by atoms with van der Waals surface area (Å²) in [4.78, 5) is 22.6. The molecule has 0 spiro atoms. The Morgan fingerprint density at radius 2 is 1.71 bits per heavy atom. The Morgan fingerprint density at radius 3 is 2.33 bits per heavy atom. The zero-order chi connectivity index (χ0) is 15.2. The first-order chi connectivity index (χ1) is 10.1. The number of carbonyl (C=O) groups excluding carboxylic acids is 1. The summed E-state index contributed by atoms with van der Waals surface area (Å²) in [5, 5.41) is 18.0. The second-order valence-electron chi connectivity index (χ2n) is 5.56. The number of ether oxygens (including phenoxy) is 1. The van der Waals surface area contributed by atoms with Crippen molar-refractivity contribution in [1.29, 1.82) is 0 Å². The van der Waals surface area contributed by atoms with Crippen LogP contribution in [0.25, 0.3) is 0 Å². The van der Waals surface area contributed by atoms with E-state index in [2.05, 4.69) is 0 Å². The van der Waals surface area contributed by atoms with Crippen molar-refractivity contribution in [3.05, 3.63) is 35.4 Å². The average Bonchev–Trinajstić information content (AvgIpc) is 2.53. The number of hydrogen-bond donors (Lipinski definition) is 2. The second-order valence-corrected chi connectivity index (χ2v) is 5.56. The first-order valence-corrected chi connectivity index (χ1v) is 7.21. The molecule has 0 aromatic heterocycles. The molecule has 0 saturated heterocycles. The van der Waals surface area contributed by atoms with Gasteiger partial charge in [-0.1, -0.05) is 6.42 Å². The van der Waals surface area contributed by atoms with Crippen molar-refractivity contribution >= 4 is 11.9 Å². The van der Waals surface area contributed by atoms with E-state index < -0.39 is 11.9 Å². The molecule has 21 heavy (non-hydrogen) atoms. The molecule has 1 saturated carbocycles. The number of aliphatic hydroxyl groups excluding tert-OH is 1. The molecule has 5 nitrogen and oxygen atoms in total. The molecule has 5 heteroatoms. The predicted octanol–water partition coefficient (Wildman–Crippen LogP) is 2.34. The fourth-order valence-electron chi connectivity index (χ4n) is 2.75. The highest BCUT2D eigenvalue weighted by Crippen LogP contribution is 2.28. The smallest absolute Gasteiger partial charge is 0.338 e. The van der Waals surface area contributed by atoms with Gasteiger partial charge in [0.15, 0.2) is 0 Å². The molecule has 0 bridgehead atoms. The predicted molar refractivity (Wildman–Crippen MR) is 76.2 cm³/mol. The third-order valence-corrected chi connectivity index (χ3v) is 3.97. The molecule has 1 aliphatic carbocycles. The first-order valence-electron chi connectivity index (χ1n) is 7.21. The lowest BCUT2D eigenvalue weighted by atomic mass is 9.82. The lowest BCUT2D eigenvalue weighted by Gasteiger charge is -2.27. The van der Waals surface area contributed by atoms with Crippen molar-refractivity contribution in [3.63, 3.8) is 0 Å². The topological polar surface area (TPSA) is 83.8 Å². The van der Waals surface area contributed by atoms with Gasteiger partial charge in [0.05, 0.1) is 17.7 Å². The summed E-state index contributed by atoms with van der Waals surface area (Å²) in [7, 11) is 0. The summed E-state index contributed by atoms with van der Waals surface area (Å²) in [5.74, 6) is -0.833. The molecule has 0 radical (unpaired) electrons. The van der Waals surface area contributed by atoms with Crippen LogP contribution in [-0.4, -0.2) is 35.4 Å². The fraction of sp³-hybridized carbons (Fsp3) is 0.500. The molecule has 2 N–H and O–H groups in total. The Labute approximate surface area is 123 Å². The Morgan fingerprint density at radius 1 is 1.10 bits per heavy atom. The molecular formula is C16H20O5. The highest BCUT2D eigenvalue weighted by molar-refractivity contribution is 5.92. The molecule has 2 unspecified atom stereocenters. The molecule has 0 heterocycles. The molecule has 0 aliphatic heterocycles. The minimum Gasteiger partial charge on any atom is -0.478 e. The number of carbonyl (C=O) groups is 2. The maximum atomic E-state index is 11.9. The summed E-state index contributed by atoms with van der Waals surface area (Å²) in [5.41, 5.74) is 0.499. The van der Waals surface area contributed by atoms with Crippen LogP contribution in [0.3, 0.4) is 0 Å². The molecule has 2 rings (SSSR count). The SMILES string of the molecule is O=C(O)c1ccc(C(=O)OCC2CCCC(CO)C2)cc1. The van der Waals surface area contributed by atoms with Crippen LogP contribution < -0.4 is 0 Å². The van der Waals surface area contributed by atoms with E-state index in [0.717, 1.165) is 25.7 Å². The second kappa shape index (κ2) is 7.22. The van der Waals surface area contributed by atoms with Crippen LogP contribution >= 0.6 is 0 Å². The highest BCUT2D eigenvalue weighted by atomic mass is 16.5. The van der Waals surface area contributed by atoms with E-state index in [1.165, 1.54) is 24.3 Å². The van der Waals surface area contributed by atoms with Gasteiger partial charge in [-0.3, -0.25) is 0 Å². The maximum absolute atomic E-state index is 11.9. The van der Waals surface area contributed by atoms with Gasteiger partial charge in [-0.15, -0.1) is 0 Å². The summed E-state index contributed by atoms with van der Waals surface area (Å²) < 4.78 is 5.29. The zero-order valence-electron chi connectivity index (χ0n) is 11.8. The van der Waals surface area contributed by atoms with E-state index in [-0.39, 0.29) is 12.2 Å². The third kappa shape index (κ3) is 4.29. The van der Waals surface area contributed by atoms with Gasteiger partial charge in [0.1, 0.15) is 0 Å². The number of carboxylic acid groups (broad SMARTS) is 1. The van der Waals surface area contributed by atoms with Gasteiger partial charge in [-0.05, 0) is 55.4 Å². The molecule has 0 amide bonds. The van der Waals surface area contributed by atoms with Crippen LogP contribution in [0.2, 0.25) is 0 Å². The molecule has 1 fully saturated rings. The van der Waals surface area contributed by atoms with Crippen LogP contribution in [0, 0.1) is 11.8 Å². The van der Waals surface area contributed by atoms with E-state index in [9.17, 15) is 14.7 Å². The Balaban J connectivity index is 1.85. The number of esters is 1. The Kier molecular flexibility index (Phi) is 5.33. The summed E-state index contributed by atoms with van der Waals surface area (Å²) in [6, 6.07) is 5.70. The van der Waals surface area contributed by atoms with Gasteiger partial charge in [-0.25, -0.2) is 9.59 Å². The van der Waals surface area contributed by atoms with Crippen molar-refractivity contribution in [1.82, 2.24) is 0 Å². The van der Waals surface area contributed by atoms with Gasteiger partial charge in [0.2, 0.25) is 0 Å². The normalized spacial score (nSPS) is 21.8. The van der Waals surface area contributed by atoms with Crippen molar-refractivity contribution < 1.29 is 24.5 Å². The number of aliphatic hydroxyl groups is 1. The van der Waals surface area contributed by atoms with Crippen LogP contribution in [0.4, 0.5) is 0 Å². The van der Waals surface area contributed by atoms with Crippen LogP contribution in [0.15, 0.2) is 24.3 Å². The van der Waals surface area contributed by atoms with E-state index in [4.69, 9.17) is 9.84 Å². The summed E-state index contributed by atoms with van der Waals surface area (Å²) in [6.45, 7) is 0.553. The van der Waals surface area contributed by atoms with E-state index in [1.54, 1.807) is 0 Å². The average molecular weight is 292 g/mol. The number of rotatable bonds is 5. The van der Waals surface area contributed by atoms with E-state index in [1.807, 2.05) is 0 Å². The quantitative estimate of drug-likeness (QED) is 0.814. The van der Waals surface area contributed by atoms with Crippen LogP contribution in [0.1, 0.15) is 46.4 Å². The number of hydrogen-bond acceptors (Lipinski definition) is 4. The first kappa shape index (κ1) is 15.5. The van der Waals surface area contributed by atoms with Gasteiger partial charge in [-0.2, -0.15) is 0 Å². The Bertz CT molecular complexity index is 494. The third-order valence-electron chi connectivity index (χ3n) is 3.97. The Hall–Kier alpha value is -1.88. The molecule has 1 aliphatic rings. The molecule has 114 valence electrons. The van der Waals surface area contributed by atoms with E-state index >= 15 is 0 Å². The van der Waals surface area contributed by atoms with Crippen molar-refractivity contribution in [3.8, 4) is 0 Å². The zero-order valence-corrected chi connectivity index (χ0v) is 11.8. The van der Waals surface area contributed by atoms with Gasteiger partial charge < -0.3 is 14.9 Å². The van der Waals surface area contributed by atoms with Crippen molar-refractivity contribution in [2.45, 2.75) is 25.7 Å². The molecule has 1 aromatic carbocycles. The van der Waals surface area contributed by atoms with Crippen molar-refractivity contribution in [2.24, 2.45) is 11.8 Å². The summed E-state index contributed by atoms with van der Waals surface area (Å²) >= 11 is 0. The maximum Gasteiger partial charge on any atom is 0.338 e. The van der Waals surface area contributed by atoms with Gasteiger partial charge in [0.25, 0.3) is 0 Å². The molecule has 2 atom stereocenters. The minimum absolute atomic E-state index is 0.143. The van der Waals surface area contributed by atoms with Crippen LogP contribution in [-0.2, 0) is 4.74 Å². The largest absolute Gasteiger partial charge is 0.478 e. The van der Waals surface area contributed by atoms with Crippen LogP contribution in [0.5, 0.6) is 0 Å². The minimum atomic E-state index is -1.02. The number of carboxylic acids is 1. The molecule has 1 aromatic rings. The monoisotopic (exact) mass is 292 g/mol. The lowest BCUT2D eigenvalue weighted by molar-refractivity contribution is 0.0364. The standard InChI is InChI=1S/C16H20O5/c17-9-11-2-1-3-12(8-11)10-21-16(20)14-6-4-13(5-7-14)15(18)19/h4-7,11-12,17H,1-3,8-10H2,(H,18,19). The summed E-state index contributed by atoms with van der Waals surface area (Å²) in [6.07, 6.45) is 4.00. The number of aromatic carboxylic acids is 1. The van der Waals surface area contributed by atoms with E-state index in [0.29, 0.717) is 24.0 Å². The van der Waals surface area contributed by atoms with Gasteiger partial charge >= 0.3 is 11.9 Å². The fourth-order valence-corrected chi connectivity index (χ4v) is 2.75.